The highest BCUT2D eigenvalue weighted by Gasteiger charge is 2.37. The lowest BCUT2D eigenvalue weighted by Crippen LogP contribution is -2.35. The minimum atomic E-state index is -0.601. The van der Waals surface area contributed by atoms with Crippen molar-refractivity contribution in [2.24, 2.45) is 0 Å². The first-order valence-corrected chi connectivity index (χ1v) is 11.9. The second-order valence-electron chi connectivity index (χ2n) is 8.38. The molecule has 0 saturated carbocycles. The molecule has 7 heteroatoms. The zero-order chi connectivity index (χ0) is 24.4. The van der Waals surface area contributed by atoms with Gasteiger partial charge in [-0.3, -0.25) is 19.3 Å². The Labute approximate surface area is 203 Å². The third kappa shape index (κ3) is 4.84. The average molecular weight is 475 g/mol. The molecule has 3 aromatic rings. The Balaban J connectivity index is 1.57. The standard InChI is InChI=1S/C27H26N2O4S/c1-17(2)33-25(30)16-28-26(31)24(34-27(28)32)15-22-14-18(3)29(19(22)4)23-12-10-21(11-13-23)20-8-6-5-7-9-20/h5-15,17H,16H2,1-4H3/b24-15-. The van der Waals surface area contributed by atoms with Crippen LogP contribution in [0.1, 0.15) is 30.8 Å². The molecule has 1 saturated heterocycles. The number of ether oxygens (including phenoxy) is 1. The largest absolute Gasteiger partial charge is 0.462 e. The Kier molecular flexibility index (Phi) is 6.75. The topological polar surface area (TPSA) is 68.6 Å². The Morgan fingerprint density at radius 3 is 2.29 bits per heavy atom. The van der Waals surface area contributed by atoms with Gasteiger partial charge in [-0.2, -0.15) is 0 Å². The zero-order valence-electron chi connectivity index (χ0n) is 19.6. The highest BCUT2D eigenvalue weighted by atomic mass is 32.2. The van der Waals surface area contributed by atoms with Crippen molar-refractivity contribution in [3.63, 3.8) is 0 Å². The summed E-state index contributed by atoms with van der Waals surface area (Å²) in [7, 11) is 0. The third-order valence-corrected chi connectivity index (χ3v) is 6.42. The van der Waals surface area contributed by atoms with Gasteiger partial charge in [0.1, 0.15) is 6.54 Å². The Hall–Kier alpha value is -3.58. The Bertz CT molecular complexity index is 1270. The smallest absolute Gasteiger partial charge is 0.326 e. The molecule has 6 nitrogen and oxygen atoms in total. The molecule has 2 amide bonds. The van der Waals surface area contributed by atoms with Gasteiger partial charge in [0.25, 0.3) is 11.1 Å². The summed E-state index contributed by atoms with van der Waals surface area (Å²) in [6.07, 6.45) is 1.41. The van der Waals surface area contributed by atoms with E-state index in [1.54, 1.807) is 19.9 Å². The number of amides is 2. The highest BCUT2D eigenvalue weighted by Crippen LogP contribution is 2.34. The zero-order valence-corrected chi connectivity index (χ0v) is 20.4. The lowest BCUT2D eigenvalue weighted by Gasteiger charge is -2.13. The molecule has 174 valence electrons. The van der Waals surface area contributed by atoms with E-state index in [-0.39, 0.29) is 12.6 Å². The Morgan fingerprint density at radius 1 is 1.00 bits per heavy atom. The van der Waals surface area contributed by atoms with Crippen molar-refractivity contribution < 1.29 is 19.1 Å². The molecule has 0 atom stereocenters. The van der Waals surface area contributed by atoms with E-state index in [1.807, 2.05) is 38.1 Å². The fourth-order valence-electron chi connectivity index (χ4n) is 3.97. The fraction of sp³-hybridized carbons (Fsp3) is 0.222. The molecule has 2 aromatic carbocycles. The van der Waals surface area contributed by atoms with Gasteiger partial charge in [-0.05, 0) is 80.4 Å². The van der Waals surface area contributed by atoms with E-state index >= 15 is 0 Å². The van der Waals surface area contributed by atoms with Gasteiger partial charge in [0.2, 0.25) is 0 Å². The Morgan fingerprint density at radius 2 is 1.65 bits per heavy atom. The SMILES string of the molecule is Cc1cc(/C=C2\SC(=O)N(CC(=O)OC(C)C)C2=O)c(C)n1-c1ccc(-c2ccccc2)cc1. The summed E-state index contributed by atoms with van der Waals surface area (Å²) in [5.74, 6) is -1.08. The quantitative estimate of drug-likeness (QED) is 0.336. The van der Waals surface area contributed by atoms with E-state index in [2.05, 4.69) is 41.0 Å². The summed E-state index contributed by atoms with van der Waals surface area (Å²) in [6, 6.07) is 20.5. The van der Waals surface area contributed by atoms with Crippen LogP contribution in [0.25, 0.3) is 22.9 Å². The molecule has 0 bridgehead atoms. The lowest BCUT2D eigenvalue weighted by atomic mass is 10.1. The minimum Gasteiger partial charge on any atom is -0.462 e. The summed E-state index contributed by atoms with van der Waals surface area (Å²) >= 11 is 0.838. The first-order chi connectivity index (χ1) is 16.2. The first-order valence-electron chi connectivity index (χ1n) is 11.0. The molecular formula is C27H26N2O4S. The van der Waals surface area contributed by atoms with Crippen molar-refractivity contribution in [3.8, 4) is 16.8 Å². The molecule has 0 aliphatic carbocycles. The van der Waals surface area contributed by atoms with Crippen LogP contribution in [0.15, 0.2) is 65.6 Å². The summed E-state index contributed by atoms with van der Waals surface area (Å²) < 4.78 is 7.18. The normalized spacial score (nSPS) is 15.0. The number of benzene rings is 2. The maximum atomic E-state index is 12.8. The first kappa shape index (κ1) is 23.6. The van der Waals surface area contributed by atoms with Crippen LogP contribution in [0.5, 0.6) is 0 Å². The van der Waals surface area contributed by atoms with E-state index in [4.69, 9.17) is 4.74 Å². The van der Waals surface area contributed by atoms with E-state index < -0.39 is 17.1 Å². The maximum absolute atomic E-state index is 12.8. The molecule has 0 unspecified atom stereocenters. The molecule has 1 aromatic heterocycles. The number of rotatable bonds is 6. The number of esters is 1. The van der Waals surface area contributed by atoms with Gasteiger partial charge in [-0.15, -0.1) is 0 Å². The number of hydrogen-bond donors (Lipinski definition) is 0. The lowest BCUT2D eigenvalue weighted by molar-refractivity contribution is -0.149. The molecule has 4 rings (SSSR count). The van der Waals surface area contributed by atoms with Crippen LogP contribution in [-0.2, 0) is 14.3 Å². The molecule has 34 heavy (non-hydrogen) atoms. The predicted octanol–water partition coefficient (Wildman–Crippen LogP) is 5.75. The molecule has 2 heterocycles. The van der Waals surface area contributed by atoms with Gasteiger partial charge in [0.05, 0.1) is 11.0 Å². The number of aromatic nitrogens is 1. The molecule has 0 spiro atoms. The third-order valence-electron chi connectivity index (χ3n) is 5.52. The summed E-state index contributed by atoms with van der Waals surface area (Å²) in [4.78, 5) is 38.3. The summed E-state index contributed by atoms with van der Waals surface area (Å²) in [5.41, 5.74) is 6.12. The molecule has 1 aliphatic heterocycles. The van der Waals surface area contributed by atoms with Gasteiger partial charge < -0.3 is 9.30 Å². The number of carbonyl (C=O) groups is 3. The van der Waals surface area contributed by atoms with Gasteiger partial charge in [0, 0.05) is 17.1 Å². The number of hydrogen-bond acceptors (Lipinski definition) is 5. The number of nitrogens with zero attached hydrogens (tertiary/aromatic N) is 2. The van der Waals surface area contributed by atoms with Crippen molar-refractivity contribution in [2.75, 3.05) is 6.54 Å². The van der Waals surface area contributed by atoms with Crippen LogP contribution >= 0.6 is 11.8 Å². The van der Waals surface area contributed by atoms with Gasteiger partial charge in [-0.25, -0.2) is 0 Å². The number of thioether (sulfide) groups is 1. The molecular weight excluding hydrogens is 448 g/mol. The maximum Gasteiger partial charge on any atom is 0.326 e. The monoisotopic (exact) mass is 474 g/mol. The van der Waals surface area contributed by atoms with Crippen LogP contribution in [0.3, 0.4) is 0 Å². The summed E-state index contributed by atoms with van der Waals surface area (Å²) in [6.45, 7) is 7.04. The van der Waals surface area contributed by atoms with Crippen LogP contribution < -0.4 is 0 Å². The van der Waals surface area contributed by atoms with Crippen molar-refractivity contribution >= 4 is 35.0 Å². The minimum absolute atomic E-state index is 0.294. The van der Waals surface area contributed by atoms with Crippen LogP contribution in [0.2, 0.25) is 0 Å². The summed E-state index contributed by atoms with van der Waals surface area (Å²) in [5, 5.41) is -0.470. The molecule has 0 radical (unpaired) electrons. The number of imide groups is 1. The van der Waals surface area contributed by atoms with E-state index in [0.717, 1.165) is 50.4 Å². The van der Waals surface area contributed by atoms with Crippen molar-refractivity contribution in [2.45, 2.75) is 33.8 Å². The average Bonchev–Trinajstić information content (AvgIpc) is 3.23. The van der Waals surface area contributed by atoms with Crippen LogP contribution in [-0.4, -0.2) is 39.2 Å². The fourth-order valence-corrected chi connectivity index (χ4v) is 4.80. The molecule has 0 N–H and O–H groups in total. The second kappa shape index (κ2) is 9.73. The highest BCUT2D eigenvalue weighted by molar-refractivity contribution is 8.18. The van der Waals surface area contributed by atoms with Crippen LogP contribution in [0, 0.1) is 13.8 Å². The van der Waals surface area contributed by atoms with Crippen molar-refractivity contribution in [1.82, 2.24) is 9.47 Å². The second-order valence-corrected chi connectivity index (χ2v) is 9.37. The predicted molar refractivity (Wildman–Crippen MR) is 135 cm³/mol. The number of aryl methyl sites for hydroxylation is 1. The van der Waals surface area contributed by atoms with Crippen molar-refractivity contribution in [1.29, 1.82) is 0 Å². The van der Waals surface area contributed by atoms with Gasteiger partial charge in [0.15, 0.2) is 0 Å². The van der Waals surface area contributed by atoms with Crippen LogP contribution in [0.4, 0.5) is 4.79 Å². The number of carbonyl (C=O) groups excluding carboxylic acids is 3. The van der Waals surface area contributed by atoms with Gasteiger partial charge in [-0.1, -0.05) is 42.5 Å². The molecule has 1 fully saturated rings. The van der Waals surface area contributed by atoms with Crippen molar-refractivity contribution in [3.05, 3.63) is 82.5 Å². The van der Waals surface area contributed by atoms with Gasteiger partial charge >= 0.3 is 5.97 Å². The van der Waals surface area contributed by atoms with E-state index in [0.29, 0.717) is 4.91 Å². The van der Waals surface area contributed by atoms with E-state index in [9.17, 15) is 14.4 Å². The van der Waals surface area contributed by atoms with E-state index in [1.165, 1.54) is 0 Å². The molecule has 1 aliphatic rings.